The van der Waals surface area contributed by atoms with Crippen LogP contribution in [0.2, 0.25) is 0 Å². The summed E-state index contributed by atoms with van der Waals surface area (Å²) in [6, 6.07) is 0. The third-order valence-corrected chi connectivity index (χ3v) is 1.53. The average molecular weight is 278 g/mol. The molecule has 0 aliphatic rings. The zero-order valence-corrected chi connectivity index (χ0v) is 10.9. The van der Waals surface area contributed by atoms with Crippen molar-refractivity contribution >= 4 is 23.9 Å². The fourth-order valence-electron chi connectivity index (χ4n) is 0.510. The first kappa shape index (κ1) is 19.2. The van der Waals surface area contributed by atoms with E-state index in [9.17, 15) is 19.2 Å². The molecule has 0 bridgehead atoms. The maximum atomic E-state index is 10.5. The van der Waals surface area contributed by atoms with Gasteiger partial charge in [-0.25, -0.2) is 0 Å². The van der Waals surface area contributed by atoms with Crippen LogP contribution in [0.1, 0.15) is 39.5 Å². The summed E-state index contributed by atoms with van der Waals surface area (Å²) in [5.74, 6) is -4.91. The van der Waals surface area contributed by atoms with E-state index in [1.807, 2.05) is 0 Å². The smallest absolute Gasteiger partial charge is 0.320 e. The topological polar surface area (TPSA) is 127 Å². The van der Waals surface area contributed by atoms with Crippen LogP contribution in [0.25, 0.3) is 0 Å². The van der Waals surface area contributed by atoms with Gasteiger partial charge in [0.2, 0.25) is 6.79 Å². The van der Waals surface area contributed by atoms with Gasteiger partial charge in [-0.3, -0.25) is 19.2 Å². The molecule has 0 aliphatic carbocycles. The molecule has 0 aromatic heterocycles. The first-order valence-corrected chi connectivity index (χ1v) is 5.58. The Hall–Kier alpha value is -2.12. The lowest BCUT2D eigenvalue weighted by Crippen LogP contribution is -2.16. The Kier molecular flexibility index (Phi) is 12.5. The number of unbranched alkanes of at least 4 members (excludes halogenated alkanes) is 1. The number of rotatable bonds is 7. The van der Waals surface area contributed by atoms with E-state index in [0.717, 1.165) is 0 Å². The van der Waals surface area contributed by atoms with Gasteiger partial charge in [-0.2, -0.15) is 0 Å². The Balaban J connectivity index is 0. The molecule has 0 rings (SSSR count). The quantitative estimate of drug-likeness (QED) is 0.397. The maximum absolute atomic E-state index is 10.5. The van der Waals surface area contributed by atoms with Crippen molar-refractivity contribution in [3.63, 3.8) is 0 Å². The second-order valence-corrected chi connectivity index (χ2v) is 3.29. The van der Waals surface area contributed by atoms with Crippen molar-refractivity contribution in [2.24, 2.45) is 0 Å². The fraction of sp³-hybridized carbons (Fsp3) is 0.636. The first-order valence-electron chi connectivity index (χ1n) is 5.58. The Morgan fingerprint density at radius 2 is 1.11 bits per heavy atom. The van der Waals surface area contributed by atoms with Gasteiger partial charge in [-0.15, -0.1) is 0 Å². The van der Waals surface area contributed by atoms with Crippen LogP contribution in [0.4, 0.5) is 0 Å². The summed E-state index contributed by atoms with van der Waals surface area (Å²) in [6.45, 7) is 3.57. The van der Waals surface area contributed by atoms with E-state index in [0.29, 0.717) is 0 Å². The van der Waals surface area contributed by atoms with Gasteiger partial charge in [0.25, 0.3) is 0 Å². The molecule has 19 heavy (non-hydrogen) atoms. The fourth-order valence-corrected chi connectivity index (χ4v) is 0.510. The van der Waals surface area contributed by atoms with Crippen LogP contribution in [0, 0.1) is 0 Å². The Morgan fingerprint density at radius 3 is 1.32 bits per heavy atom. The molecule has 0 heterocycles. The largest absolute Gasteiger partial charge is 0.481 e. The van der Waals surface area contributed by atoms with Gasteiger partial charge in [0.15, 0.2) is 0 Å². The summed E-state index contributed by atoms with van der Waals surface area (Å²) in [4.78, 5) is 41.0. The molecule has 0 aliphatic heterocycles. The second kappa shape index (κ2) is 12.3. The predicted molar refractivity (Wildman–Crippen MR) is 62.1 cm³/mol. The number of esters is 2. The number of hydrogen-bond donors (Lipinski definition) is 2. The van der Waals surface area contributed by atoms with Crippen molar-refractivity contribution in [2.45, 2.75) is 39.5 Å². The first-order chi connectivity index (χ1) is 8.83. The Labute approximate surface area is 110 Å². The lowest BCUT2D eigenvalue weighted by Gasteiger charge is -2.03. The molecule has 0 unspecified atom stereocenters. The highest BCUT2D eigenvalue weighted by atomic mass is 16.7. The molecular weight excluding hydrogens is 260 g/mol. The number of carbonyl (C=O) groups excluding carboxylic acids is 2. The molecule has 8 nitrogen and oxygen atoms in total. The SMILES string of the molecule is CCCC.O=C(O)CC(=O)OCOC(=O)CC(=O)O. The third kappa shape index (κ3) is 18.4. The molecule has 0 saturated heterocycles. The molecule has 0 aromatic carbocycles. The molecule has 110 valence electrons. The van der Waals surface area contributed by atoms with Crippen LogP contribution in [0.3, 0.4) is 0 Å². The Morgan fingerprint density at radius 1 is 0.789 bits per heavy atom. The van der Waals surface area contributed by atoms with E-state index in [2.05, 4.69) is 23.3 Å². The van der Waals surface area contributed by atoms with E-state index in [1.54, 1.807) is 0 Å². The van der Waals surface area contributed by atoms with Crippen LogP contribution >= 0.6 is 0 Å². The molecule has 8 heteroatoms. The van der Waals surface area contributed by atoms with Crippen molar-refractivity contribution in [1.29, 1.82) is 0 Å². The monoisotopic (exact) mass is 278 g/mol. The normalized spacial score (nSPS) is 8.74. The van der Waals surface area contributed by atoms with Crippen LogP contribution in [-0.4, -0.2) is 40.9 Å². The summed E-state index contributed by atoms with van der Waals surface area (Å²) in [5, 5.41) is 16.3. The highest BCUT2D eigenvalue weighted by Crippen LogP contribution is 1.90. The number of ether oxygens (including phenoxy) is 2. The van der Waals surface area contributed by atoms with E-state index in [-0.39, 0.29) is 0 Å². The lowest BCUT2D eigenvalue weighted by molar-refractivity contribution is -0.169. The minimum atomic E-state index is -1.38. The van der Waals surface area contributed by atoms with E-state index in [4.69, 9.17) is 10.2 Å². The van der Waals surface area contributed by atoms with Gasteiger partial charge in [0.05, 0.1) is 0 Å². The molecular formula is C11H18O8. The van der Waals surface area contributed by atoms with Gasteiger partial charge < -0.3 is 19.7 Å². The molecule has 0 atom stereocenters. The van der Waals surface area contributed by atoms with E-state index < -0.39 is 43.5 Å². The maximum Gasteiger partial charge on any atom is 0.320 e. The van der Waals surface area contributed by atoms with Crippen molar-refractivity contribution in [3.8, 4) is 0 Å². The Bertz CT molecular complexity index is 280. The molecule has 0 fully saturated rings. The number of carboxylic acid groups (broad SMARTS) is 2. The third-order valence-electron chi connectivity index (χ3n) is 1.53. The number of hydrogen-bond acceptors (Lipinski definition) is 6. The molecule has 2 N–H and O–H groups in total. The van der Waals surface area contributed by atoms with Crippen LogP contribution in [-0.2, 0) is 28.7 Å². The number of carbonyl (C=O) groups is 4. The summed E-state index contributed by atoms with van der Waals surface area (Å²) in [6.07, 6.45) is 0.937. The molecule has 0 spiro atoms. The highest BCUT2D eigenvalue weighted by molar-refractivity contribution is 5.91. The zero-order chi connectivity index (χ0) is 15.3. The molecule has 0 radical (unpaired) electrons. The van der Waals surface area contributed by atoms with Crippen molar-refractivity contribution < 1.29 is 38.9 Å². The second-order valence-electron chi connectivity index (χ2n) is 3.29. The van der Waals surface area contributed by atoms with Gasteiger partial charge >= 0.3 is 23.9 Å². The zero-order valence-electron chi connectivity index (χ0n) is 10.9. The lowest BCUT2D eigenvalue weighted by atomic mass is 10.4. The van der Waals surface area contributed by atoms with Crippen molar-refractivity contribution in [1.82, 2.24) is 0 Å². The minimum Gasteiger partial charge on any atom is -0.481 e. The average Bonchev–Trinajstić information content (AvgIpc) is 2.27. The number of carboxylic acids is 2. The summed E-state index contributed by atoms with van der Waals surface area (Å²) >= 11 is 0. The van der Waals surface area contributed by atoms with E-state index in [1.165, 1.54) is 12.8 Å². The summed E-state index contributed by atoms with van der Waals surface area (Å²) in [7, 11) is 0. The molecule has 0 saturated carbocycles. The highest BCUT2D eigenvalue weighted by Gasteiger charge is 2.11. The minimum absolute atomic E-state index is 0.793. The standard InChI is InChI=1S/C7H8O8.C4H10/c8-4(9)1-6(12)14-3-15-7(13)2-5(10)11;1-3-4-2/h1-3H2,(H,8,9)(H,10,11);3-4H2,1-2H3. The van der Waals surface area contributed by atoms with Crippen LogP contribution in [0.5, 0.6) is 0 Å². The molecule has 0 aromatic rings. The van der Waals surface area contributed by atoms with Crippen LogP contribution in [0.15, 0.2) is 0 Å². The van der Waals surface area contributed by atoms with Gasteiger partial charge in [-0.05, 0) is 0 Å². The molecule has 0 amide bonds. The summed E-state index contributed by atoms with van der Waals surface area (Å²) in [5.41, 5.74) is 0. The van der Waals surface area contributed by atoms with Crippen molar-refractivity contribution in [2.75, 3.05) is 6.79 Å². The summed E-state index contributed by atoms with van der Waals surface area (Å²) < 4.78 is 8.30. The van der Waals surface area contributed by atoms with Crippen LogP contribution < -0.4 is 0 Å². The van der Waals surface area contributed by atoms with Gasteiger partial charge in [-0.1, -0.05) is 26.7 Å². The van der Waals surface area contributed by atoms with Gasteiger partial charge in [0.1, 0.15) is 12.8 Å². The van der Waals surface area contributed by atoms with E-state index >= 15 is 0 Å². The number of aliphatic carboxylic acids is 2. The predicted octanol–water partition coefficient (Wildman–Crippen LogP) is 0.786. The van der Waals surface area contributed by atoms with Crippen molar-refractivity contribution in [3.05, 3.63) is 0 Å². The van der Waals surface area contributed by atoms with Gasteiger partial charge in [0, 0.05) is 0 Å².